The normalized spacial score (nSPS) is 11.6. The Morgan fingerprint density at radius 1 is 1.22 bits per heavy atom. The summed E-state index contributed by atoms with van der Waals surface area (Å²) in [6.45, 7) is 1.95. The number of amides is 2. The summed E-state index contributed by atoms with van der Waals surface area (Å²) in [5.41, 5.74) is 0.868. The quantitative estimate of drug-likeness (QED) is 0.819. The van der Waals surface area contributed by atoms with E-state index in [2.05, 4.69) is 10.6 Å². The van der Waals surface area contributed by atoms with Gasteiger partial charge in [-0.05, 0) is 29.1 Å². The SMILES string of the molecule is COc1ccc(C(CC(=O)NCc2cccs2)NC(C)=O)cc1. The van der Waals surface area contributed by atoms with Crippen LogP contribution in [0.15, 0.2) is 41.8 Å². The Balaban J connectivity index is 1.99. The van der Waals surface area contributed by atoms with Crippen molar-refractivity contribution < 1.29 is 14.3 Å². The van der Waals surface area contributed by atoms with Gasteiger partial charge in [0, 0.05) is 11.8 Å². The molecule has 1 aromatic heterocycles. The van der Waals surface area contributed by atoms with Crippen LogP contribution in [0.2, 0.25) is 0 Å². The minimum Gasteiger partial charge on any atom is -0.497 e. The molecule has 0 saturated carbocycles. The monoisotopic (exact) mass is 332 g/mol. The van der Waals surface area contributed by atoms with Crippen molar-refractivity contribution in [1.29, 1.82) is 0 Å². The largest absolute Gasteiger partial charge is 0.497 e. The van der Waals surface area contributed by atoms with Crippen LogP contribution >= 0.6 is 11.3 Å². The van der Waals surface area contributed by atoms with Gasteiger partial charge in [0.1, 0.15) is 5.75 Å². The molecular weight excluding hydrogens is 312 g/mol. The first-order valence-electron chi connectivity index (χ1n) is 7.28. The summed E-state index contributed by atoms with van der Waals surface area (Å²) in [6.07, 6.45) is 0.192. The van der Waals surface area contributed by atoms with Gasteiger partial charge in [-0.1, -0.05) is 18.2 Å². The fourth-order valence-corrected chi connectivity index (χ4v) is 2.83. The first-order valence-corrected chi connectivity index (χ1v) is 8.16. The zero-order valence-corrected chi connectivity index (χ0v) is 14.0. The zero-order chi connectivity index (χ0) is 16.7. The maximum absolute atomic E-state index is 12.1. The maximum atomic E-state index is 12.1. The molecule has 1 heterocycles. The molecule has 2 amide bonds. The second-order valence-electron chi connectivity index (χ2n) is 5.09. The molecule has 2 rings (SSSR count). The number of rotatable bonds is 7. The first kappa shape index (κ1) is 17.0. The summed E-state index contributed by atoms with van der Waals surface area (Å²) < 4.78 is 5.13. The Morgan fingerprint density at radius 3 is 2.52 bits per heavy atom. The van der Waals surface area contributed by atoms with E-state index in [1.54, 1.807) is 18.4 Å². The summed E-state index contributed by atoms with van der Waals surface area (Å²) in [7, 11) is 1.60. The highest BCUT2D eigenvalue weighted by Gasteiger charge is 2.17. The van der Waals surface area contributed by atoms with Crippen molar-refractivity contribution in [1.82, 2.24) is 10.6 Å². The summed E-state index contributed by atoms with van der Waals surface area (Å²) in [6, 6.07) is 10.9. The lowest BCUT2D eigenvalue weighted by Crippen LogP contribution is -2.32. The third kappa shape index (κ3) is 5.41. The molecule has 1 unspecified atom stereocenters. The highest BCUT2D eigenvalue weighted by atomic mass is 32.1. The van der Waals surface area contributed by atoms with Crippen LogP contribution in [0.1, 0.15) is 29.8 Å². The molecule has 6 heteroatoms. The molecule has 0 spiro atoms. The van der Waals surface area contributed by atoms with E-state index in [9.17, 15) is 9.59 Å². The molecule has 1 aromatic carbocycles. The molecule has 0 radical (unpaired) electrons. The summed E-state index contributed by atoms with van der Waals surface area (Å²) in [4.78, 5) is 24.7. The Labute approximate surface area is 139 Å². The Morgan fingerprint density at radius 2 is 1.96 bits per heavy atom. The Kier molecular flexibility index (Phi) is 6.17. The fraction of sp³-hybridized carbons (Fsp3) is 0.294. The minimum absolute atomic E-state index is 0.104. The van der Waals surface area contributed by atoms with Crippen LogP contribution in [0.5, 0.6) is 5.75 Å². The fourth-order valence-electron chi connectivity index (χ4n) is 2.19. The standard InChI is InChI=1S/C17H20N2O3S/c1-12(20)19-16(13-5-7-14(22-2)8-6-13)10-17(21)18-11-15-4-3-9-23-15/h3-9,16H,10-11H2,1-2H3,(H,18,21)(H,19,20). The van der Waals surface area contributed by atoms with E-state index < -0.39 is 0 Å². The van der Waals surface area contributed by atoms with Crippen molar-refractivity contribution in [2.24, 2.45) is 0 Å². The second-order valence-corrected chi connectivity index (χ2v) is 6.12. The number of hydrogen-bond acceptors (Lipinski definition) is 4. The van der Waals surface area contributed by atoms with Gasteiger partial charge in [0.25, 0.3) is 0 Å². The van der Waals surface area contributed by atoms with Gasteiger partial charge >= 0.3 is 0 Å². The molecule has 2 aromatic rings. The molecule has 0 fully saturated rings. The van der Waals surface area contributed by atoms with E-state index >= 15 is 0 Å². The number of thiophene rings is 1. The predicted octanol–water partition coefficient (Wildman–Crippen LogP) is 2.64. The van der Waals surface area contributed by atoms with Crippen LogP contribution in [0.3, 0.4) is 0 Å². The minimum atomic E-state index is -0.359. The number of carbonyl (C=O) groups excluding carboxylic acids is 2. The van der Waals surface area contributed by atoms with Crippen LogP contribution in [0, 0.1) is 0 Å². The lowest BCUT2D eigenvalue weighted by molar-refractivity contribution is -0.122. The molecule has 2 N–H and O–H groups in total. The predicted molar refractivity (Wildman–Crippen MR) is 90.3 cm³/mol. The first-order chi connectivity index (χ1) is 11.1. The maximum Gasteiger partial charge on any atom is 0.222 e. The van der Waals surface area contributed by atoms with E-state index in [0.717, 1.165) is 16.2 Å². The number of benzene rings is 1. The third-order valence-corrected chi connectivity index (χ3v) is 4.20. The Hall–Kier alpha value is -2.34. The van der Waals surface area contributed by atoms with Gasteiger partial charge in [-0.25, -0.2) is 0 Å². The van der Waals surface area contributed by atoms with Crippen molar-refractivity contribution in [3.05, 3.63) is 52.2 Å². The average molecular weight is 332 g/mol. The Bertz CT molecular complexity index is 638. The number of methoxy groups -OCH3 is 1. The van der Waals surface area contributed by atoms with Crippen molar-refractivity contribution in [3.8, 4) is 5.75 Å². The molecule has 0 aliphatic heterocycles. The van der Waals surface area contributed by atoms with Crippen LogP contribution in [-0.2, 0) is 16.1 Å². The highest BCUT2D eigenvalue weighted by Crippen LogP contribution is 2.20. The molecular formula is C17H20N2O3S. The number of carbonyl (C=O) groups is 2. The van der Waals surface area contributed by atoms with Crippen LogP contribution < -0.4 is 15.4 Å². The number of hydrogen-bond donors (Lipinski definition) is 2. The van der Waals surface area contributed by atoms with Gasteiger partial charge in [0.05, 0.1) is 26.1 Å². The third-order valence-electron chi connectivity index (χ3n) is 3.33. The summed E-state index contributed by atoms with van der Waals surface area (Å²) in [5.74, 6) is 0.460. The zero-order valence-electron chi connectivity index (χ0n) is 13.2. The van der Waals surface area contributed by atoms with E-state index in [0.29, 0.717) is 6.54 Å². The van der Waals surface area contributed by atoms with Gasteiger partial charge in [0.15, 0.2) is 0 Å². The van der Waals surface area contributed by atoms with Gasteiger partial charge in [-0.15, -0.1) is 11.3 Å². The molecule has 0 saturated heterocycles. The van der Waals surface area contributed by atoms with Crippen molar-refractivity contribution >= 4 is 23.2 Å². The molecule has 1 atom stereocenters. The van der Waals surface area contributed by atoms with E-state index in [-0.39, 0.29) is 24.3 Å². The average Bonchev–Trinajstić information content (AvgIpc) is 3.05. The van der Waals surface area contributed by atoms with Gasteiger partial charge < -0.3 is 15.4 Å². The topological polar surface area (TPSA) is 67.4 Å². The van der Waals surface area contributed by atoms with Crippen molar-refractivity contribution in [2.75, 3.05) is 7.11 Å². The smallest absolute Gasteiger partial charge is 0.222 e. The van der Waals surface area contributed by atoms with Gasteiger partial charge in [0.2, 0.25) is 11.8 Å². The van der Waals surface area contributed by atoms with E-state index in [4.69, 9.17) is 4.74 Å². The summed E-state index contributed by atoms with van der Waals surface area (Å²) in [5, 5.41) is 7.67. The van der Waals surface area contributed by atoms with Crippen molar-refractivity contribution in [3.63, 3.8) is 0 Å². The molecule has 0 bridgehead atoms. The van der Waals surface area contributed by atoms with Crippen LogP contribution in [-0.4, -0.2) is 18.9 Å². The lowest BCUT2D eigenvalue weighted by Gasteiger charge is -2.18. The molecule has 23 heavy (non-hydrogen) atoms. The second kappa shape index (κ2) is 8.33. The van der Waals surface area contributed by atoms with Gasteiger partial charge in [-0.3, -0.25) is 9.59 Å². The lowest BCUT2D eigenvalue weighted by atomic mass is 10.0. The van der Waals surface area contributed by atoms with E-state index in [1.165, 1.54) is 6.92 Å². The van der Waals surface area contributed by atoms with Crippen LogP contribution in [0.25, 0.3) is 0 Å². The molecule has 0 aliphatic rings. The van der Waals surface area contributed by atoms with Gasteiger partial charge in [-0.2, -0.15) is 0 Å². The summed E-state index contributed by atoms with van der Waals surface area (Å²) >= 11 is 1.60. The highest BCUT2D eigenvalue weighted by molar-refractivity contribution is 7.09. The number of nitrogens with one attached hydrogen (secondary N) is 2. The number of ether oxygens (including phenoxy) is 1. The molecule has 0 aliphatic carbocycles. The van der Waals surface area contributed by atoms with Crippen molar-refractivity contribution in [2.45, 2.75) is 25.9 Å². The van der Waals surface area contributed by atoms with E-state index in [1.807, 2.05) is 41.8 Å². The van der Waals surface area contributed by atoms with Crippen LogP contribution in [0.4, 0.5) is 0 Å². The molecule has 122 valence electrons. The molecule has 5 nitrogen and oxygen atoms in total.